The SMILES string of the molecule is CC(C)(N)C(=O)NC(C)(C)C(=O)C(C)(C)NC(=O)C(C)(C)N. The normalized spacial score (nSPS) is 13.5. The Kier molecular flexibility index (Phi) is 5.57. The van der Waals surface area contributed by atoms with Crippen molar-refractivity contribution in [3.63, 3.8) is 0 Å². The van der Waals surface area contributed by atoms with Gasteiger partial charge in [0.15, 0.2) is 5.78 Å². The first-order valence-electron chi connectivity index (χ1n) is 7.19. The molecule has 0 heterocycles. The number of carbonyl (C=O) groups is 3. The highest BCUT2D eigenvalue weighted by atomic mass is 16.2. The molecule has 128 valence electrons. The highest BCUT2D eigenvalue weighted by Gasteiger charge is 2.43. The molecule has 7 heteroatoms. The lowest BCUT2D eigenvalue weighted by Crippen LogP contribution is -2.67. The Bertz CT molecular complexity index is 426. The molecule has 6 N–H and O–H groups in total. The number of nitrogens with two attached hydrogens (primary N) is 2. The molecule has 0 spiro atoms. The quantitative estimate of drug-likeness (QED) is 0.541. The van der Waals surface area contributed by atoms with E-state index in [1.165, 1.54) is 0 Å². The minimum atomic E-state index is -1.19. The average Bonchev–Trinajstić information content (AvgIpc) is 2.24. The molecule has 0 rings (SSSR count). The first kappa shape index (κ1) is 20.5. The number of Topliss-reactive ketones (excluding diaryl/α,β-unsaturated/α-hetero) is 1. The Morgan fingerprint density at radius 2 is 0.864 bits per heavy atom. The largest absolute Gasteiger partial charge is 0.342 e. The van der Waals surface area contributed by atoms with Crippen LogP contribution >= 0.6 is 0 Å². The summed E-state index contributed by atoms with van der Waals surface area (Å²) in [5.41, 5.74) is 6.85. The molecule has 0 aromatic carbocycles. The molecule has 0 aromatic rings. The van der Waals surface area contributed by atoms with Crippen molar-refractivity contribution in [2.45, 2.75) is 77.5 Å². The van der Waals surface area contributed by atoms with Crippen LogP contribution in [0.25, 0.3) is 0 Å². The zero-order valence-corrected chi connectivity index (χ0v) is 14.9. The topological polar surface area (TPSA) is 127 Å². The summed E-state index contributed by atoms with van der Waals surface area (Å²) in [5.74, 6) is -1.26. The predicted molar refractivity (Wildman–Crippen MR) is 86.0 cm³/mol. The van der Waals surface area contributed by atoms with Crippen LogP contribution in [0.2, 0.25) is 0 Å². The van der Waals surface area contributed by atoms with Crippen molar-refractivity contribution in [3.8, 4) is 0 Å². The van der Waals surface area contributed by atoms with Crippen LogP contribution in [0, 0.1) is 0 Å². The summed E-state index contributed by atoms with van der Waals surface area (Å²) in [7, 11) is 0. The molecule has 0 bridgehead atoms. The van der Waals surface area contributed by atoms with Crippen LogP contribution in [0.5, 0.6) is 0 Å². The van der Waals surface area contributed by atoms with E-state index in [-0.39, 0.29) is 5.78 Å². The highest BCUT2D eigenvalue weighted by Crippen LogP contribution is 2.17. The van der Waals surface area contributed by atoms with E-state index in [1.54, 1.807) is 55.4 Å². The molecule has 0 radical (unpaired) electrons. The van der Waals surface area contributed by atoms with Crippen LogP contribution in [0.3, 0.4) is 0 Å². The number of rotatable bonds is 6. The summed E-state index contributed by atoms with van der Waals surface area (Å²) in [6, 6.07) is 0. The maximum atomic E-state index is 12.7. The maximum absolute atomic E-state index is 12.7. The Hall–Kier alpha value is -1.47. The zero-order chi connectivity index (χ0) is 18.1. The molecular formula is C15H30N4O3. The first-order valence-corrected chi connectivity index (χ1v) is 7.19. The van der Waals surface area contributed by atoms with Gasteiger partial charge >= 0.3 is 0 Å². The van der Waals surface area contributed by atoms with Gasteiger partial charge in [-0.2, -0.15) is 0 Å². The van der Waals surface area contributed by atoms with Crippen LogP contribution in [-0.2, 0) is 14.4 Å². The zero-order valence-electron chi connectivity index (χ0n) is 14.9. The fourth-order valence-electron chi connectivity index (χ4n) is 1.78. The van der Waals surface area contributed by atoms with Crippen LogP contribution in [0.1, 0.15) is 55.4 Å². The molecule has 0 atom stereocenters. The third-order valence-corrected chi connectivity index (χ3v) is 3.16. The number of hydrogen-bond acceptors (Lipinski definition) is 5. The smallest absolute Gasteiger partial charge is 0.240 e. The Morgan fingerprint density at radius 1 is 0.636 bits per heavy atom. The standard InChI is InChI=1S/C15H30N4O3/c1-12(2,16)10(21)18-14(5,6)9(20)15(7,8)19-11(22)13(3,4)17/h16-17H2,1-8H3,(H,18,21)(H,19,22). The number of amides is 2. The summed E-state index contributed by atoms with van der Waals surface area (Å²) in [4.78, 5) is 36.7. The van der Waals surface area contributed by atoms with Crippen LogP contribution in [0.4, 0.5) is 0 Å². The van der Waals surface area contributed by atoms with Gasteiger partial charge in [-0.3, -0.25) is 14.4 Å². The van der Waals surface area contributed by atoms with E-state index in [1.807, 2.05) is 0 Å². The Morgan fingerprint density at radius 3 is 1.05 bits per heavy atom. The second kappa shape index (κ2) is 5.96. The van der Waals surface area contributed by atoms with Gasteiger partial charge in [0, 0.05) is 0 Å². The van der Waals surface area contributed by atoms with E-state index >= 15 is 0 Å². The maximum Gasteiger partial charge on any atom is 0.240 e. The van der Waals surface area contributed by atoms with Gasteiger partial charge in [-0.1, -0.05) is 0 Å². The van der Waals surface area contributed by atoms with Gasteiger partial charge in [0.05, 0.1) is 22.2 Å². The number of ketones is 1. The van der Waals surface area contributed by atoms with Crippen LogP contribution in [-0.4, -0.2) is 39.8 Å². The second-order valence-corrected chi connectivity index (χ2v) is 7.93. The van der Waals surface area contributed by atoms with Crippen molar-refractivity contribution in [1.29, 1.82) is 0 Å². The van der Waals surface area contributed by atoms with E-state index in [0.29, 0.717) is 0 Å². The molecule has 0 aliphatic rings. The van der Waals surface area contributed by atoms with E-state index in [2.05, 4.69) is 10.6 Å². The molecule has 22 heavy (non-hydrogen) atoms. The Labute approximate surface area is 132 Å². The molecule has 0 aliphatic carbocycles. The van der Waals surface area contributed by atoms with Gasteiger partial charge < -0.3 is 22.1 Å². The molecule has 7 nitrogen and oxygen atoms in total. The van der Waals surface area contributed by atoms with E-state index in [0.717, 1.165) is 0 Å². The van der Waals surface area contributed by atoms with Crippen LogP contribution in [0.15, 0.2) is 0 Å². The van der Waals surface area contributed by atoms with Gasteiger partial charge in [-0.05, 0) is 55.4 Å². The predicted octanol–water partition coefficient (Wildman–Crippen LogP) is -0.180. The lowest BCUT2D eigenvalue weighted by Gasteiger charge is -2.37. The van der Waals surface area contributed by atoms with Gasteiger partial charge in [-0.15, -0.1) is 0 Å². The monoisotopic (exact) mass is 314 g/mol. The molecule has 0 fully saturated rings. The van der Waals surface area contributed by atoms with Crippen molar-refractivity contribution in [1.82, 2.24) is 10.6 Å². The van der Waals surface area contributed by atoms with Crippen molar-refractivity contribution >= 4 is 17.6 Å². The first-order chi connectivity index (χ1) is 9.41. The second-order valence-electron chi connectivity index (χ2n) is 7.93. The minimum absolute atomic E-state index is 0.352. The lowest BCUT2D eigenvalue weighted by molar-refractivity contribution is -0.139. The fraction of sp³-hybridized carbons (Fsp3) is 0.800. The van der Waals surface area contributed by atoms with Crippen molar-refractivity contribution in [2.75, 3.05) is 0 Å². The third-order valence-electron chi connectivity index (χ3n) is 3.16. The number of hydrogen-bond donors (Lipinski definition) is 4. The highest BCUT2D eigenvalue weighted by molar-refractivity contribution is 6.02. The van der Waals surface area contributed by atoms with Crippen LogP contribution < -0.4 is 22.1 Å². The van der Waals surface area contributed by atoms with E-state index < -0.39 is 34.0 Å². The van der Waals surface area contributed by atoms with Gasteiger partial charge in [0.2, 0.25) is 11.8 Å². The third kappa shape index (κ3) is 5.38. The summed E-state index contributed by atoms with van der Waals surface area (Å²) in [6.45, 7) is 12.5. The fourth-order valence-corrected chi connectivity index (χ4v) is 1.78. The average molecular weight is 314 g/mol. The number of nitrogens with one attached hydrogen (secondary N) is 2. The molecule has 0 saturated heterocycles. The molecular weight excluding hydrogens is 284 g/mol. The van der Waals surface area contributed by atoms with Crippen molar-refractivity contribution in [2.24, 2.45) is 11.5 Å². The summed E-state index contributed by atoms with van der Waals surface area (Å²) < 4.78 is 0. The molecule has 2 amide bonds. The van der Waals surface area contributed by atoms with Gasteiger partial charge in [0.1, 0.15) is 0 Å². The molecule has 0 saturated carbocycles. The minimum Gasteiger partial charge on any atom is -0.342 e. The molecule has 0 unspecified atom stereocenters. The number of carbonyl (C=O) groups excluding carboxylic acids is 3. The van der Waals surface area contributed by atoms with Crippen molar-refractivity contribution in [3.05, 3.63) is 0 Å². The Balaban J connectivity index is 5.21. The van der Waals surface area contributed by atoms with Gasteiger partial charge in [-0.25, -0.2) is 0 Å². The molecule has 0 aliphatic heterocycles. The summed E-state index contributed by atoms with van der Waals surface area (Å²) >= 11 is 0. The van der Waals surface area contributed by atoms with E-state index in [4.69, 9.17) is 11.5 Å². The summed E-state index contributed by atoms with van der Waals surface area (Å²) in [5, 5.41) is 5.24. The van der Waals surface area contributed by atoms with Crippen molar-refractivity contribution < 1.29 is 14.4 Å². The molecule has 0 aromatic heterocycles. The van der Waals surface area contributed by atoms with E-state index in [9.17, 15) is 14.4 Å². The van der Waals surface area contributed by atoms with Gasteiger partial charge in [0.25, 0.3) is 0 Å². The summed E-state index contributed by atoms with van der Waals surface area (Å²) in [6.07, 6.45) is 0. The lowest BCUT2D eigenvalue weighted by atomic mass is 9.83.